The Bertz CT molecular complexity index is 986. The van der Waals surface area contributed by atoms with Gasteiger partial charge in [0.25, 0.3) is 0 Å². The Labute approximate surface area is 185 Å². The molecule has 1 amide bonds. The number of piperidine rings is 1. The zero-order chi connectivity index (χ0) is 21.6. The van der Waals surface area contributed by atoms with Gasteiger partial charge < -0.3 is 10.1 Å². The topological polar surface area (TPSA) is 54.5 Å². The summed E-state index contributed by atoms with van der Waals surface area (Å²) >= 11 is 1.37. The van der Waals surface area contributed by atoms with Gasteiger partial charge in [0, 0.05) is 30.6 Å². The molecule has 31 heavy (non-hydrogen) atoms. The second-order valence-corrected chi connectivity index (χ2v) is 8.40. The summed E-state index contributed by atoms with van der Waals surface area (Å²) in [7, 11) is 0. The van der Waals surface area contributed by atoms with Crippen LogP contribution in [0.3, 0.4) is 0 Å². The number of carbonyl (C=O) groups is 1. The van der Waals surface area contributed by atoms with E-state index in [0.29, 0.717) is 17.4 Å². The lowest BCUT2D eigenvalue weighted by molar-refractivity contribution is -0.122. The molecule has 0 unspecified atom stereocenters. The van der Waals surface area contributed by atoms with E-state index in [2.05, 4.69) is 15.2 Å². The molecule has 7 heteroatoms. The van der Waals surface area contributed by atoms with E-state index in [-0.39, 0.29) is 23.9 Å². The summed E-state index contributed by atoms with van der Waals surface area (Å²) in [4.78, 5) is 20.1. The van der Waals surface area contributed by atoms with Gasteiger partial charge in [0.05, 0.1) is 11.8 Å². The molecule has 1 aliphatic rings. The largest absolute Gasteiger partial charge is 0.378 e. The second-order valence-electron chi connectivity index (χ2n) is 7.54. The first-order valence-electron chi connectivity index (χ1n) is 10.6. The molecule has 1 aromatic heterocycles. The van der Waals surface area contributed by atoms with E-state index in [0.717, 1.165) is 37.1 Å². The van der Waals surface area contributed by atoms with Crippen LogP contribution in [0.5, 0.6) is 0 Å². The third-order valence-corrected chi connectivity index (χ3v) is 6.24. The van der Waals surface area contributed by atoms with Crippen molar-refractivity contribution in [2.45, 2.75) is 31.9 Å². The van der Waals surface area contributed by atoms with Crippen LogP contribution in [0.2, 0.25) is 0 Å². The van der Waals surface area contributed by atoms with Crippen LogP contribution >= 0.6 is 11.3 Å². The van der Waals surface area contributed by atoms with Crippen molar-refractivity contribution in [3.8, 4) is 11.3 Å². The van der Waals surface area contributed by atoms with Gasteiger partial charge in [-0.25, -0.2) is 9.37 Å². The molecule has 4 rings (SSSR count). The normalized spacial score (nSPS) is 16.2. The molecular formula is C24H26FN3O2S. The summed E-state index contributed by atoms with van der Waals surface area (Å²) < 4.78 is 19.0. The van der Waals surface area contributed by atoms with Gasteiger partial charge in [-0.1, -0.05) is 30.3 Å². The van der Waals surface area contributed by atoms with Gasteiger partial charge in [0.15, 0.2) is 5.13 Å². The molecule has 5 nitrogen and oxygen atoms in total. The number of rotatable bonds is 7. The van der Waals surface area contributed by atoms with Crippen molar-refractivity contribution in [2.24, 2.45) is 0 Å². The number of ether oxygens (including phenoxy) is 1. The molecule has 2 aromatic carbocycles. The molecule has 0 spiro atoms. The highest BCUT2D eigenvalue weighted by Crippen LogP contribution is 2.29. The highest BCUT2D eigenvalue weighted by atomic mass is 32.1. The van der Waals surface area contributed by atoms with Crippen molar-refractivity contribution in [2.75, 3.05) is 25.0 Å². The average Bonchev–Trinajstić information content (AvgIpc) is 3.25. The average molecular weight is 440 g/mol. The highest BCUT2D eigenvalue weighted by Gasteiger charge is 2.31. The lowest BCUT2D eigenvalue weighted by Crippen LogP contribution is -2.43. The monoisotopic (exact) mass is 439 g/mol. The molecule has 0 bridgehead atoms. The first kappa shape index (κ1) is 21.6. The van der Waals surface area contributed by atoms with Gasteiger partial charge in [-0.15, -0.1) is 11.3 Å². The number of hydrogen-bond acceptors (Lipinski definition) is 5. The maximum atomic E-state index is 13.3. The Hall–Kier alpha value is -2.61. The van der Waals surface area contributed by atoms with Crippen LogP contribution in [0.1, 0.15) is 31.4 Å². The predicted molar refractivity (Wildman–Crippen MR) is 122 cm³/mol. The maximum Gasteiger partial charge on any atom is 0.248 e. The molecule has 2 heterocycles. The molecule has 1 fully saturated rings. The Morgan fingerprint density at radius 1 is 1.19 bits per heavy atom. The molecule has 0 saturated carbocycles. The number of benzene rings is 2. The number of nitrogens with zero attached hydrogens (tertiary/aromatic N) is 2. The molecule has 1 atom stereocenters. The van der Waals surface area contributed by atoms with Crippen molar-refractivity contribution in [1.82, 2.24) is 9.88 Å². The van der Waals surface area contributed by atoms with Crippen LogP contribution in [-0.2, 0) is 9.53 Å². The van der Waals surface area contributed by atoms with Gasteiger partial charge >= 0.3 is 0 Å². The number of amides is 1. The molecule has 1 N–H and O–H groups in total. The van der Waals surface area contributed by atoms with E-state index in [1.54, 1.807) is 12.1 Å². The van der Waals surface area contributed by atoms with Crippen LogP contribution in [0.25, 0.3) is 11.3 Å². The quantitative estimate of drug-likeness (QED) is 0.555. The summed E-state index contributed by atoms with van der Waals surface area (Å²) in [5, 5.41) is 5.40. The zero-order valence-corrected chi connectivity index (χ0v) is 18.3. The molecule has 3 aromatic rings. The molecule has 0 radical (unpaired) electrons. The van der Waals surface area contributed by atoms with E-state index in [1.807, 2.05) is 42.6 Å². The van der Waals surface area contributed by atoms with E-state index < -0.39 is 0 Å². The lowest BCUT2D eigenvalue weighted by Gasteiger charge is -2.36. The Kier molecular flexibility index (Phi) is 7.06. The molecule has 0 aliphatic carbocycles. The van der Waals surface area contributed by atoms with Gasteiger partial charge in [-0.05, 0) is 49.6 Å². The minimum atomic E-state index is -0.387. The SMILES string of the molecule is CCOC1CCN([C@@H](C(=O)Nc2nc(-c3ccc(F)cc3)cs2)c2ccccc2)CC1. The minimum absolute atomic E-state index is 0.0962. The van der Waals surface area contributed by atoms with Crippen LogP contribution in [-0.4, -0.2) is 41.6 Å². The Morgan fingerprint density at radius 3 is 2.58 bits per heavy atom. The summed E-state index contributed by atoms with van der Waals surface area (Å²) in [5.41, 5.74) is 2.50. The second kappa shape index (κ2) is 10.1. The summed E-state index contributed by atoms with van der Waals surface area (Å²) in [5.74, 6) is -0.382. The van der Waals surface area contributed by atoms with Crippen LogP contribution in [0.4, 0.5) is 9.52 Å². The fourth-order valence-electron chi connectivity index (χ4n) is 3.96. The first-order chi connectivity index (χ1) is 15.1. The third kappa shape index (κ3) is 5.36. The molecule has 162 valence electrons. The number of anilines is 1. The van der Waals surface area contributed by atoms with E-state index in [1.165, 1.54) is 23.5 Å². The predicted octanol–water partition coefficient (Wildman–Crippen LogP) is 5.13. The zero-order valence-electron chi connectivity index (χ0n) is 17.5. The number of hydrogen-bond donors (Lipinski definition) is 1. The van der Waals surface area contributed by atoms with Gasteiger partial charge in [-0.3, -0.25) is 9.69 Å². The van der Waals surface area contributed by atoms with Crippen molar-refractivity contribution >= 4 is 22.4 Å². The summed E-state index contributed by atoms with van der Waals surface area (Å²) in [6.45, 7) is 4.33. The Balaban J connectivity index is 1.50. The van der Waals surface area contributed by atoms with E-state index in [9.17, 15) is 9.18 Å². The summed E-state index contributed by atoms with van der Waals surface area (Å²) in [6, 6.07) is 15.6. The smallest absolute Gasteiger partial charge is 0.248 e. The number of likely N-dealkylation sites (tertiary alicyclic amines) is 1. The fourth-order valence-corrected chi connectivity index (χ4v) is 4.68. The van der Waals surface area contributed by atoms with Crippen molar-refractivity contribution in [3.63, 3.8) is 0 Å². The number of carbonyl (C=O) groups excluding carboxylic acids is 1. The van der Waals surface area contributed by atoms with E-state index in [4.69, 9.17) is 4.74 Å². The third-order valence-electron chi connectivity index (χ3n) is 5.48. The van der Waals surface area contributed by atoms with E-state index >= 15 is 0 Å². The first-order valence-corrected chi connectivity index (χ1v) is 11.4. The standard InChI is InChI=1S/C24H26FN3O2S/c1-2-30-20-12-14-28(15-13-20)22(18-6-4-3-5-7-18)23(29)27-24-26-21(16-31-24)17-8-10-19(25)11-9-17/h3-11,16,20,22H,2,12-15H2,1H3,(H,26,27,29)/t22-/m1/s1. The summed E-state index contributed by atoms with van der Waals surface area (Å²) in [6.07, 6.45) is 2.09. The van der Waals surface area contributed by atoms with Crippen molar-refractivity contribution < 1.29 is 13.9 Å². The van der Waals surface area contributed by atoms with Crippen molar-refractivity contribution in [1.29, 1.82) is 0 Å². The molecular weight excluding hydrogens is 413 g/mol. The number of thiazole rings is 1. The fraction of sp³-hybridized carbons (Fsp3) is 0.333. The van der Waals surface area contributed by atoms with Crippen LogP contribution in [0.15, 0.2) is 60.0 Å². The highest BCUT2D eigenvalue weighted by molar-refractivity contribution is 7.14. The van der Waals surface area contributed by atoms with Crippen molar-refractivity contribution in [3.05, 3.63) is 71.4 Å². The van der Waals surface area contributed by atoms with Gasteiger partial charge in [-0.2, -0.15) is 0 Å². The molecule has 1 aliphatic heterocycles. The number of nitrogens with one attached hydrogen (secondary N) is 1. The Morgan fingerprint density at radius 2 is 1.90 bits per heavy atom. The van der Waals surface area contributed by atoms with Gasteiger partial charge in [0.1, 0.15) is 11.9 Å². The maximum absolute atomic E-state index is 13.3. The lowest BCUT2D eigenvalue weighted by atomic mass is 10.00. The number of halogens is 1. The minimum Gasteiger partial charge on any atom is -0.378 e. The number of aromatic nitrogens is 1. The van der Waals surface area contributed by atoms with Gasteiger partial charge in [0.2, 0.25) is 5.91 Å². The van der Waals surface area contributed by atoms with Crippen LogP contribution in [0, 0.1) is 5.82 Å². The molecule has 1 saturated heterocycles. The van der Waals surface area contributed by atoms with Crippen LogP contribution < -0.4 is 5.32 Å².